The smallest absolute Gasteiger partial charge is 0.297 e. The molecular weight excluding hydrogens is 453 g/mol. The zero-order valence-electron chi connectivity index (χ0n) is 19.8. The second kappa shape index (κ2) is 12.0. The molecule has 1 atom stereocenters. The van der Waals surface area contributed by atoms with Gasteiger partial charge < -0.3 is 15.2 Å². The van der Waals surface area contributed by atoms with E-state index in [1.807, 2.05) is 57.2 Å². The van der Waals surface area contributed by atoms with Gasteiger partial charge in [-0.25, -0.2) is 4.39 Å². The Morgan fingerprint density at radius 1 is 1.21 bits per heavy atom. The zero-order valence-corrected chi connectivity index (χ0v) is 20.7. The molecule has 3 rings (SSSR count). The third-order valence-electron chi connectivity index (χ3n) is 5.46. The Morgan fingerprint density at radius 3 is 2.56 bits per heavy atom. The number of aliphatic hydroxyl groups excluding tert-OH is 1. The van der Waals surface area contributed by atoms with E-state index in [1.165, 1.54) is 6.07 Å². The highest BCUT2D eigenvalue weighted by molar-refractivity contribution is 7.81. The van der Waals surface area contributed by atoms with E-state index in [0.29, 0.717) is 35.9 Å². The highest BCUT2D eigenvalue weighted by Crippen LogP contribution is 2.25. The van der Waals surface area contributed by atoms with Crippen LogP contribution in [0.5, 0.6) is 6.01 Å². The molecule has 182 valence electrons. The number of halogens is 1. The topological polar surface area (TPSA) is 76.4 Å². The van der Waals surface area contributed by atoms with Crippen LogP contribution >= 0.6 is 12.6 Å². The van der Waals surface area contributed by atoms with Gasteiger partial charge in [0.05, 0.1) is 42.9 Å². The number of carbonyl (C=O) groups is 1. The molecule has 0 spiro atoms. The summed E-state index contributed by atoms with van der Waals surface area (Å²) in [7, 11) is 0. The first-order chi connectivity index (χ1) is 16.3. The lowest BCUT2D eigenvalue weighted by atomic mass is 10.0. The second-order valence-corrected chi connectivity index (χ2v) is 9.12. The average Bonchev–Trinajstić information content (AvgIpc) is 3.15. The molecule has 0 aliphatic heterocycles. The summed E-state index contributed by atoms with van der Waals surface area (Å²) in [5.41, 5.74) is 3.10. The average molecular weight is 486 g/mol. The van der Waals surface area contributed by atoms with E-state index in [2.05, 4.69) is 22.9 Å². The maximum absolute atomic E-state index is 15.1. The van der Waals surface area contributed by atoms with Crippen molar-refractivity contribution in [3.8, 4) is 17.1 Å². The van der Waals surface area contributed by atoms with Gasteiger partial charge in [-0.2, -0.15) is 17.6 Å². The number of carbonyl (C=O) groups excluding carboxylic acids is 1. The van der Waals surface area contributed by atoms with Crippen LogP contribution in [0.15, 0.2) is 48.5 Å². The van der Waals surface area contributed by atoms with E-state index in [4.69, 9.17) is 4.74 Å². The van der Waals surface area contributed by atoms with Gasteiger partial charge in [0, 0.05) is 5.56 Å². The number of imidazole rings is 1. The molecular formula is C26H32FN3O3S. The van der Waals surface area contributed by atoms with Crippen molar-refractivity contribution in [2.75, 3.05) is 6.61 Å². The SMILES string of the molecule is CCOc1nc(CO)c(CNC(=O)C(S)CC(C)C)n1Cc1ccc(-c2ccccc2)cc1F. The molecule has 8 heteroatoms. The Morgan fingerprint density at radius 2 is 1.94 bits per heavy atom. The molecule has 1 aromatic heterocycles. The lowest BCUT2D eigenvalue weighted by Crippen LogP contribution is -2.33. The largest absolute Gasteiger partial charge is 0.465 e. The number of aromatic nitrogens is 2. The number of hydrogen-bond acceptors (Lipinski definition) is 5. The van der Waals surface area contributed by atoms with Gasteiger partial charge in [0.25, 0.3) is 6.01 Å². The van der Waals surface area contributed by atoms with Gasteiger partial charge in [-0.3, -0.25) is 9.36 Å². The second-order valence-electron chi connectivity index (χ2n) is 8.50. The number of nitrogens with one attached hydrogen (secondary N) is 1. The van der Waals surface area contributed by atoms with Crippen LogP contribution in [0.25, 0.3) is 11.1 Å². The molecule has 1 unspecified atom stereocenters. The van der Waals surface area contributed by atoms with Crippen molar-refractivity contribution in [2.24, 2.45) is 5.92 Å². The molecule has 0 fully saturated rings. The molecule has 1 amide bonds. The minimum atomic E-state index is -0.441. The Balaban J connectivity index is 1.88. The van der Waals surface area contributed by atoms with Crippen LogP contribution in [-0.4, -0.2) is 32.4 Å². The van der Waals surface area contributed by atoms with Crippen molar-refractivity contribution in [1.82, 2.24) is 14.9 Å². The molecule has 2 N–H and O–H groups in total. The molecule has 6 nitrogen and oxygen atoms in total. The number of amides is 1. The standard InChI is InChI=1S/C26H32FN3O3S/c1-4-33-26-29-22(16-31)23(14-28-25(32)24(34)12-17(2)3)30(26)15-20-11-10-19(13-21(20)27)18-8-6-5-7-9-18/h5-11,13,17,24,31,34H,4,12,14-16H2,1-3H3,(H,28,32). The first kappa shape index (κ1) is 25.8. The van der Waals surface area contributed by atoms with Crippen molar-refractivity contribution in [2.45, 2.75) is 52.1 Å². The number of thiol groups is 1. The highest BCUT2D eigenvalue weighted by Gasteiger charge is 2.21. The normalized spacial score (nSPS) is 12.1. The highest BCUT2D eigenvalue weighted by atomic mass is 32.1. The number of nitrogens with zero attached hydrogens (tertiary/aromatic N) is 2. The minimum Gasteiger partial charge on any atom is -0.465 e. The molecule has 0 saturated heterocycles. The number of hydrogen-bond donors (Lipinski definition) is 3. The van der Waals surface area contributed by atoms with Crippen LogP contribution in [-0.2, 0) is 24.5 Å². The monoisotopic (exact) mass is 485 g/mol. The van der Waals surface area contributed by atoms with Gasteiger partial charge in [0.1, 0.15) is 5.82 Å². The quantitative estimate of drug-likeness (QED) is 0.347. The molecule has 1 heterocycles. The molecule has 0 aliphatic carbocycles. The summed E-state index contributed by atoms with van der Waals surface area (Å²) in [5.74, 6) is -0.228. The third kappa shape index (κ3) is 6.39. The Kier molecular flexibility index (Phi) is 9.12. The summed E-state index contributed by atoms with van der Waals surface area (Å²) in [6, 6.07) is 15.0. The minimum absolute atomic E-state index is 0.119. The summed E-state index contributed by atoms with van der Waals surface area (Å²) < 4.78 is 22.5. The van der Waals surface area contributed by atoms with Crippen LogP contribution in [0, 0.1) is 11.7 Å². The summed E-state index contributed by atoms with van der Waals surface area (Å²) in [6.45, 7) is 6.17. The molecule has 3 aromatic rings. The van der Waals surface area contributed by atoms with Gasteiger partial charge in [0.15, 0.2) is 0 Å². The number of aliphatic hydroxyl groups is 1. The third-order valence-corrected chi connectivity index (χ3v) is 5.90. The molecule has 34 heavy (non-hydrogen) atoms. The van der Waals surface area contributed by atoms with E-state index in [1.54, 1.807) is 10.6 Å². The van der Waals surface area contributed by atoms with Gasteiger partial charge in [-0.15, -0.1) is 0 Å². The van der Waals surface area contributed by atoms with Crippen molar-refractivity contribution < 1.29 is 19.0 Å². The lowest BCUT2D eigenvalue weighted by molar-refractivity contribution is -0.121. The van der Waals surface area contributed by atoms with E-state index in [9.17, 15) is 9.90 Å². The first-order valence-electron chi connectivity index (χ1n) is 11.5. The van der Waals surface area contributed by atoms with Crippen molar-refractivity contribution in [3.05, 3.63) is 71.3 Å². The van der Waals surface area contributed by atoms with Crippen molar-refractivity contribution in [1.29, 1.82) is 0 Å². The predicted molar refractivity (Wildman–Crippen MR) is 134 cm³/mol. The zero-order chi connectivity index (χ0) is 24.7. The summed E-state index contributed by atoms with van der Waals surface area (Å²) in [6.07, 6.45) is 0.643. The predicted octanol–water partition coefficient (Wildman–Crippen LogP) is 4.59. The van der Waals surface area contributed by atoms with E-state index < -0.39 is 5.25 Å². The maximum Gasteiger partial charge on any atom is 0.297 e. The maximum atomic E-state index is 15.1. The first-order valence-corrected chi connectivity index (χ1v) is 12.0. The summed E-state index contributed by atoms with van der Waals surface area (Å²) in [4.78, 5) is 16.9. The summed E-state index contributed by atoms with van der Waals surface area (Å²) in [5, 5.41) is 12.3. The number of benzene rings is 2. The summed E-state index contributed by atoms with van der Waals surface area (Å²) >= 11 is 4.40. The fourth-order valence-electron chi connectivity index (χ4n) is 3.74. The fraction of sp³-hybridized carbons (Fsp3) is 0.385. The fourth-order valence-corrected chi connectivity index (χ4v) is 4.25. The van der Waals surface area contributed by atoms with Crippen LogP contribution in [0.4, 0.5) is 4.39 Å². The van der Waals surface area contributed by atoms with Crippen molar-refractivity contribution in [3.63, 3.8) is 0 Å². The van der Waals surface area contributed by atoms with Gasteiger partial charge in [-0.1, -0.05) is 56.3 Å². The van der Waals surface area contributed by atoms with E-state index >= 15 is 4.39 Å². The van der Waals surface area contributed by atoms with Crippen LogP contribution in [0.1, 0.15) is 44.1 Å². The van der Waals surface area contributed by atoms with E-state index in [-0.39, 0.29) is 37.4 Å². The Bertz CT molecular complexity index is 1100. The molecule has 0 bridgehead atoms. The van der Waals surface area contributed by atoms with Crippen LogP contribution < -0.4 is 10.1 Å². The van der Waals surface area contributed by atoms with Crippen LogP contribution in [0.2, 0.25) is 0 Å². The number of ether oxygens (including phenoxy) is 1. The van der Waals surface area contributed by atoms with Gasteiger partial charge >= 0.3 is 0 Å². The molecule has 2 aromatic carbocycles. The molecule has 0 saturated carbocycles. The molecule has 0 aliphatic rings. The van der Waals surface area contributed by atoms with E-state index in [0.717, 1.165) is 11.1 Å². The van der Waals surface area contributed by atoms with Crippen LogP contribution in [0.3, 0.4) is 0 Å². The van der Waals surface area contributed by atoms with Gasteiger partial charge in [-0.05, 0) is 36.5 Å². The Labute approximate surface area is 205 Å². The number of rotatable bonds is 11. The Hall–Kier alpha value is -2.84. The van der Waals surface area contributed by atoms with Crippen molar-refractivity contribution >= 4 is 18.5 Å². The van der Waals surface area contributed by atoms with Gasteiger partial charge in [0.2, 0.25) is 5.91 Å². The molecule has 0 radical (unpaired) electrons. The lowest BCUT2D eigenvalue weighted by Gasteiger charge is -2.16.